The number of benzene rings is 1. The molecule has 0 bridgehead atoms. The van der Waals surface area contributed by atoms with Gasteiger partial charge < -0.3 is 9.55 Å². The van der Waals surface area contributed by atoms with Crippen molar-refractivity contribution in [3.63, 3.8) is 0 Å². The summed E-state index contributed by atoms with van der Waals surface area (Å²) in [7, 11) is -1.58. The molecule has 0 aliphatic carbocycles. The second-order valence-electron chi connectivity index (χ2n) is 4.63. The zero-order valence-corrected chi connectivity index (χ0v) is 11.3. The van der Waals surface area contributed by atoms with Crippen molar-refractivity contribution in [2.75, 3.05) is 6.26 Å². The van der Waals surface area contributed by atoms with Crippen LogP contribution in [-0.4, -0.2) is 24.2 Å². The molecule has 0 spiro atoms. The molecular formula is C13H12N2O3S. The van der Waals surface area contributed by atoms with Crippen molar-refractivity contribution < 1.29 is 8.42 Å². The van der Waals surface area contributed by atoms with Crippen LogP contribution in [0.1, 0.15) is 0 Å². The van der Waals surface area contributed by atoms with E-state index in [4.69, 9.17) is 0 Å². The van der Waals surface area contributed by atoms with Gasteiger partial charge in [0.25, 0.3) is 5.56 Å². The Balaban J connectivity index is 2.50. The fourth-order valence-electron chi connectivity index (χ4n) is 2.19. The number of hydrogen-bond acceptors (Lipinski definition) is 3. The van der Waals surface area contributed by atoms with Crippen LogP contribution in [0.15, 0.2) is 40.2 Å². The van der Waals surface area contributed by atoms with Crippen LogP contribution in [0.5, 0.6) is 0 Å². The van der Waals surface area contributed by atoms with E-state index in [0.717, 1.165) is 16.3 Å². The second-order valence-corrected chi connectivity index (χ2v) is 6.64. The van der Waals surface area contributed by atoms with Crippen LogP contribution in [-0.2, 0) is 16.9 Å². The average Bonchev–Trinajstić information content (AvgIpc) is 2.71. The van der Waals surface area contributed by atoms with Crippen molar-refractivity contribution in [2.45, 2.75) is 4.90 Å². The predicted octanol–water partition coefficient (Wildman–Crippen LogP) is 1.42. The number of H-pyrrole nitrogens is 1. The summed E-state index contributed by atoms with van der Waals surface area (Å²) in [5.41, 5.74) is 1.12. The van der Waals surface area contributed by atoms with E-state index in [0.29, 0.717) is 5.52 Å². The molecule has 98 valence electrons. The molecule has 0 unspecified atom stereocenters. The number of fused-ring (bicyclic) bond motifs is 3. The lowest BCUT2D eigenvalue weighted by molar-refractivity contribution is 0.602. The first-order valence-corrected chi connectivity index (χ1v) is 7.58. The number of pyridine rings is 1. The fourth-order valence-corrected chi connectivity index (χ4v) is 2.84. The smallest absolute Gasteiger partial charge is 0.274 e. The van der Waals surface area contributed by atoms with E-state index < -0.39 is 9.84 Å². The van der Waals surface area contributed by atoms with E-state index in [9.17, 15) is 13.2 Å². The molecule has 0 aliphatic rings. The van der Waals surface area contributed by atoms with E-state index in [1.54, 1.807) is 25.4 Å². The van der Waals surface area contributed by atoms with Gasteiger partial charge in [0, 0.05) is 35.8 Å². The minimum atomic E-state index is -3.26. The lowest BCUT2D eigenvalue weighted by Crippen LogP contribution is -2.15. The van der Waals surface area contributed by atoms with Gasteiger partial charge in [-0.05, 0) is 24.3 Å². The minimum Gasteiger partial charge on any atom is -0.350 e. The van der Waals surface area contributed by atoms with Crippen molar-refractivity contribution in [1.29, 1.82) is 0 Å². The highest BCUT2D eigenvalue weighted by Gasteiger charge is 2.12. The van der Waals surface area contributed by atoms with Crippen molar-refractivity contribution in [3.8, 4) is 0 Å². The van der Waals surface area contributed by atoms with E-state index in [2.05, 4.69) is 4.98 Å². The molecule has 0 radical (unpaired) electrons. The van der Waals surface area contributed by atoms with Gasteiger partial charge in [-0.1, -0.05) is 0 Å². The maximum atomic E-state index is 12.0. The van der Waals surface area contributed by atoms with Crippen LogP contribution in [0.2, 0.25) is 0 Å². The Hall–Kier alpha value is -2.08. The molecule has 0 atom stereocenters. The van der Waals surface area contributed by atoms with Crippen molar-refractivity contribution >= 4 is 31.6 Å². The quantitative estimate of drug-likeness (QED) is 0.730. The third-order valence-corrected chi connectivity index (χ3v) is 4.35. The van der Waals surface area contributed by atoms with Gasteiger partial charge in [-0.2, -0.15) is 0 Å². The first-order valence-electron chi connectivity index (χ1n) is 5.69. The highest BCUT2D eigenvalue weighted by atomic mass is 32.2. The molecule has 0 aliphatic heterocycles. The number of nitrogens with one attached hydrogen (secondary N) is 1. The fraction of sp³-hybridized carbons (Fsp3) is 0.154. The molecule has 19 heavy (non-hydrogen) atoms. The van der Waals surface area contributed by atoms with Crippen LogP contribution < -0.4 is 5.56 Å². The Bertz CT molecular complexity index is 965. The standard InChI is InChI=1S/C13H12N2O3S/c1-15-6-5-9-10-7-8(19(2,17)18)3-4-11(10)14-12(9)13(15)16/h3-7,14H,1-2H3. The zero-order valence-electron chi connectivity index (χ0n) is 10.5. The monoisotopic (exact) mass is 276 g/mol. The van der Waals surface area contributed by atoms with Gasteiger partial charge in [0.15, 0.2) is 9.84 Å². The van der Waals surface area contributed by atoms with Crippen LogP contribution in [0.4, 0.5) is 0 Å². The van der Waals surface area contributed by atoms with Crippen molar-refractivity contribution in [1.82, 2.24) is 9.55 Å². The summed E-state index contributed by atoms with van der Waals surface area (Å²) >= 11 is 0. The highest BCUT2D eigenvalue weighted by Crippen LogP contribution is 2.25. The molecule has 0 amide bonds. The van der Waals surface area contributed by atoms with Crippen LogP contribution in [0, 0.1) is 0 Å². The molecule has 6 heteroatoms. The minimum absolute atomic E-state index is 0.130. The zero-order chi connectivity index (χ0) is 13.8. The van der Waals surface area contributed by atoms with Crippen LogP contribution in [0.25, 0.3) is 21.8 Å². The van der Waals surface area contributed by atoms with E-state index in [1.807, 2.05) is 6.07 Å². The number of aromatic nitrogens is 2. The molecule has 1 N–H and O–H groups in total. The van der Waals surface area contributed by atoms with Crippen LogP contribution >= 0.6 is 0 Å². The summed E-state index contributed by atoms with van der Waals surface area (Å²) in [6.07, 6.45) is 2.84. The number of aromatic amines is 1. The van der Waals surface area contributed by atoms with Gasteiger partial charge in [0.1, 0.15) is 5.52 Å². The van der Waals surface area contributed by atoms with Gasteiger partial charge in [-0.3, -0.25) is 4.79 Å². The Labute approximate surface area is 109 Å². The topological polar surface area (TPSA) is 71.9 Å². The largest absolute Gasteiger partial charge is 0.350 e. The van der Waals surface area contributed by atoms with E-state index in [-0.39, 0.29) is 10.5 Å². The molecule has 5 nitrogen and oxygen atoms in total. The number of hydrogen-bond donors (Lipinski definition) is 1. The van der Waals surface area contributed by atoms with Crippen LogP contribution in [0.3, 0.4) is 0 Å². The van der Waals surface area contributed by atoms with Gasteiger partial charge in [-0.25, -0.2) is 8.42 Å². The van der Waals surface area contributed by atoms with Crippen molar-refractivity contribution in [3.05, 3.63) is 40.8 Å². The van der Waals surface area contributed by atoms with Gasteiger partial charge in [-0.15, -0.1) is 0 Å². The molecule has 0 saturated heterocycles. The molecule has 2 heterocycles. The van der Waals surface area contributed by atoms with E-state index >= 15 is 0 Å². The maximum Gasteiger partial charge on any atom is 0.274 e. The van der Waals surface area contributed by atoms with Gasteiger partial charge in [0.05, 0.1) is 4.90 Å². The summed E-state index contributed by atoms with van der Waals surface area (Å²) in [6, 6.07) is 6.63. The first kappa shape index (κ1) is 12.0. The Morgan fingerprint density at radius 2 is 1.89 bits per heavy atom. The third-order valence-electron chi connectivity index (χ3n) is 3.24. The molecular weight excluding hydrogens is 264 g/mol. The molecule has 0 saturated carbocycles. The number of nitrogens with zero attached hydrogens (tertiary/aromatic N) is 1. The lowest BCUT2D eigenvalue weighted by atomic mass is 10.2. The Morgan fingerprint density at radius 3 is 2.58 bits per heavy atom. The summed E-state index contributed by atoms with van der Waals surface area (Å²) in [4.78, 5) is 15.3. The van der Waals surface area contributed by atoms with Crippen molar-refractivity contribution in [2.24, 2.45) is 7.05 Å². The number of sulfone groups is 1. The number of aryl methyl sites for hydroxylation is 1. The third kappa shape index (κ3) is 1.76. The SMILES string of the molecule is Cn1ccc2c([nH]c3ccc(S(C)(=O)=O)cc32)c1=O. The maximum absolute atomic E-state index is 12.0. The summed E-state index contributed by atoms with van der Waals surface area (Å²) in [6.45, 7) is 0. The molecule has 2 aromatic heterocycles. The summed E-state index contributed by atoms with van der Waals surface area (Å²) < 4.78 is 24.6. The second kappa shape index (κ2) is 3.71. The molecule has 3 aromatic rings. The molecule has 0 fully saturated rings. The molecule has 3 rings (SSSR count). The lowest BCUT2D eigenvalue weighted by Gasteiger charge is -1.98. The molecule has 1 aromatic carbocycles. The Kier molecular flexibility index (Phi) is 2.34. The predicted molar refractivity (Wildman–Crippen MR) is 74.2 cm³/mol. The van der Waals surface area contributed by atoms with Gasteiger partial charge >= 0.3 is 0 Å². The number of rotatable bonds is 1. The highest BCUT2D eigenvalue weighted by molar-refractivity contribution is 7.90. The first-order chi connectivity index (χ1) is 8.88. The Morgan fingerprint density at radius 1 is 1.16 bits per heavy atom. The summed E-state index contributed by atoms with van der Waals surface area (Å²) in [5, 5.41) is 1.49. The van der Waals surface area contributed by atoms with Gasteiger partial charge in [0.2, 0.25) is 0 Å². The average molecular weight is 276 g/mol. The summed E-state index contributed by atoms with van der Waals surface area (Å²) in [5.74, 6) is 0. The van der Waals surface area contributed by atoms with E-state index in [1.165, 1.54) is 16.9 Å². The normalized spacial score (nSPS) is 12.3.